The Balaban J connectivity index is 1.40. The fraction of sp³-hybridized carbons (Fsp3) is 0.103. The molecule has 0 heterocycles. The van der Waals surface area contributed by atoms with E-state index in [0.717, 1.165) is 0 Å². The number of aromatic carboxylic acids is 1. The van der Waals surface area contributed by atoms with Crippen LogP contribution in [0.1, 0.15) is 37.4 Å². The molecule has 0 aliphatic rings. The van der Waals surface area contributed by atoms with Crippen LogP contribution in [0.3, 0.4) is 0 Å². The number of hydrogen-bond acceptors (Lipinski definition) is 9. The van der Waals surface area contributed by atoms with E-state index in [4.69, 9.17) is 10.1 Å². The van der Waals surface area contributed by atoms with Crippen LogP contribution < -0.4 is 10.8 Å². The summed E-state index contributed by atoms with van der Waals surface area (Å²) in [6.45, 7) is 1.68. The molecule has 0 fully saturated rings. The normalized spacial score (nSPS) is 11.2. The molecule has 0 spiro atoms. The fourth-order valence-corrected chi connectivity index (χ4v) is 5.20. The molecule has 0 aromatic heterocycles. The number of phenolic OH excluding ortho intramolecular Hbond substituents is 1. The van der Waals surface area contributed by atoms with Crippen molar-refractivity contribution < 1.29 is 43.2 Å². The van der Waals surface area contributed by atoms with Gasteiger partial charge in [-0.2, -0.15) is 0 Å². The lowest BCUT2D eigenvalue weighted by Crippen LogP contribution is -2.16. The van der Waals surface area contributed by atoms with E-state index in [1.807, 2.05) is 0 Å². The largest absolute Gasteiger partial charge is 0.508 e. The quantitative estimate of drug-likeness (QED) is 0.120. The van der Waals surface area contributed by atoms with E-state index in [1.165, 1.54) is 72.8 Å². The van der Waals surface area contributed by atoms with Crippen molar-refractivity contribution in [2.75, 3.05) is 10.8 Å². The van der Waals surface area contributed by atoms with Gasteiger partial charge in [0.2, 0.25) is 9.84 Å². The number of benzene rings is 4. The molecule has 0 bridgehead atoms. The molecule has 12 heteroatoms. The standard InChI is InChI=1S/C29H26N2O9S/c1-18-2-13-26(29(34)35)27(14-18)28(33)30-21-4-9-24(10-5-21)41(37,38)25-11-6-22(7-12-25)31-39-16-20-15-23(32)8-3-19(20)17-40-36/h2-15,31-32,36H,16-17H2,1H3,(H,30,33)(H,34,35). The fourth-order valence-electron chi connectivity index (χ4n) is 3.94. The topological polar surface area (TPSA) is 171 Å². The zero-order chi connectivity index (χ0) is 29.6. The number of carboxylic acids is 1. The zero-order valence-electron chi connectivity index (χ0n) is 21.7. The first-order valence-electron chi connectivity index (χ1n) is 12.1. The Morgan fingerprint density at radius 1 is 0.780 bits per heavy atom. The summed E-state index contributed by atoms with van der Waals surface area (Å²) in [6.07, 6.45) is 0. The molecule has 0 unspecified atom stereocenters. The predicted molar refractivity (Wildman–Crippen MR) is 148 cm³/mol. The highest BCUT2D eigenvalue weighted by Crippen LogP contribution is 2.25. The minimum atomic E-state index is -3.88. The number of rotatable bonds is 11. The molecule has 4 aromatic rings. The van der Waals surface area contributed by atoms with Crippen molar-refractivity contribution in [3.05, 3.63) is 113 Å². The summed E-state index contributed by atoms with van der Waals surface area (Å²) >= 11 is 0. The lowest BCUT2D eigenvalue weighted by Gasteiger charge is -2.12. The summed E-state index contributed by atoms with van der Waals surface area (Å²) in [4.78, 5) is 33.8. The van der Waals surface area contributed by atoms with Gasteiger partial charge in [0.1, 0.15) is 19.0 Å². The number of aromatic hydroxyl groups is 1. The minimum absolute atomic E-state index is 0.00300. The Bertz CT molecular complexity index is 1670. The van der Waals surface area contributed by atoms with Crippen molar-refractivity contribution in [3.63, 3.8) is 0 Å². The zero-order valence-corrected chi connectivity index (χ0v) is 22.5. The number of carbonyl (C=O) groups excluding carboxylic acids is 1. The summed E-state index contributed by atoms with van der Waals surface area (Å²) < 4.78 is 26.3. The van der Waals surface area contributed by atoms with Gasteiger partial charge < -0.3 is 15.5 Å². The van der Waals surface area contributed by atoms with E-state index in [9.17, 15) is 28.2 Å². The smallest absolute Gasteiger partial charge is 0.336 e. The summed E-state index contributed by atoms with van der Waals surface area (Å²) in [6, 6.07) is 20.3. The molecular formula is C29H26N2O9S. The molecule has 41 heavy (non-hydrogen) atoms. The molecule has 0 radical (unpaired) electrons. The molecule has 0 saturated heterocycles. The maximum absolute atomic E-state index is 13.1. The van der Waals surface area contributed by atoms with Crippen LogP contribution in [0.4, 0.5) is 11.4 Å². The molecule has 0 atom stereocenters. The molecule has 1 amide bonds. The summed E-state index contributed by atoms with van der Waals surface area (Å²) in [5.74, 6) is -1.84. The van der Waals surface area contributed by atoms with Gasteiger partial charge in [0.15, 0.2) is 0 Å². The lowest BCUT2D eigenvalue weighted by molar-refractivity contribution is -0.253. The molecule has 11 nitrogen and oxygen atoms in total. The van der Waals surface area contributed by atoms with Gasteiger partial charge in [0, 0.05) is 5.69 Å². The Kier molecular flexibility index (Phi) is 9.00. The van der Waals surface area contributed by atoms with Crippen LogP contribution in [0.15, 0.2) is 94.7 Å². The molecule has 5 N–H and O–H groups in total. The molecular weight excluding hydrogens is 552 g/mol. The van der Waals surface area contributed by atoms with Gasteiger partial charge in [-0.3, -0.25) is 20.4 Å². The molecule has 212 valence electrons. The van der Waals surface area contributed by atoms with Gasteiger partial charge in [-0.05, 0) is 90.8 Å². The average molecular weight is 579 g/mol. The highest BCUT2D eigenvalue weighted by atomic mass is 32.2. The second-order valence-corrected chi connectivity index (χ2v) is 10.9. The van der Waals surface area contributed by atoms with E-state index in [2.05, 4.69) is 15.7 Å². The molecule has 0 saturated carbocycles. The number of sulfone groups is 1. The number of aryl methyl sites for hydroxylation is 1. The summed E-state index contributed by atoms with van der Waals surface area (Å²) in [7, 11) is -3.88. The van der Waals surface area contributed by atoms with Gasteiger partial charge in [0.05, 0.1) is 26.6 Å². The maximum Gasteiger partial charge on any atom is 0.336 e. The number of amides is 1. The monoisotopic (exact) mass is 578 g/mol. The Hall–Kier alpha value is -4.75. The third kappa shape index (κ3) is 7.07. The number of hydrogen-bond donors (Lipinski definition) is 5. The van der Waals surface area contributed by atoms with Crippen molar-refractivity contribution in [1.29, 1.82) is 0 Å². The van der Waals surface area contributed by atoms with Crippen LogP contribution in [0.25, 0.3) is 0 Å². The third-order valence-corrected chi connectivity index (χ3v) is 7.85. The minimum Gasteiger partial charge on any atom is -0.508 e. The van der Waals surface area contributed by atoms with Gasteiger partial charge in [0.25, 0.3) is 5.91 Å². The predicted octanol–water partition coefficient (Wildman–Crippen LogP) is 5.02. The molecule has 0 aliphatic carbocycles. The third-order valence-electron chi connectivity index (χ3n) is 6.06. The van der Waals surface area contributed by atoms with Crippen LogP contribution in [-0.4, -0.2) is 35.8 Å². The molecule has 4 aromatic carbocycles. The van der Waals surface area contributed by atoms with E-state index >= 15 is 0 Å². The van der Waals surface area contributed by atoms with Crippen LogP contribution in [0.2, 0.25) is 0 Å². The second-order valence-electron chi connectivity index (χ2n) is 8.98. The van der Waals surface area contributed by atoms with E-state index in [-0.39, 0.29) is 39.9 Å². The van der Waals surface area contributed by atoms with E-state index < -0.39 is 21.7 Å². The number of nitrogens with one attached hydrogen (secondary N) is 2. The molecule has 0 aliphatic heterocycles. The molecule has 4 rings (SSSR count). The second kappa shape index (κ2) is 12.6. The first-order valence-corrected chi connectivity index (χ1v) is 13.6. The SMILES string of the molecule is Cc1ccc(C(=O)O)c(C(=O)Nc2ccc(S(=O)(=O)c3ccc(NOCc4cc(O)ccc4COO)cc3)cc2)c1. The number of carboxylic acid groups (broad SMARTS) is 1. The van der Waals surface area contributed by atoms with Crippen molar-refractivity contribution in [2.45, 2.75) is 29.9 Å². The Labute approximate surface area is 235 Å². The summed E-state index contributed by atoms with van der Waals surface area (Å²) in [5.41, 5.74) is 5.22. The highest BCUT2D eigenvalue weighted by molar-refractivity contribution is 7.91. The number of phenols is 1. The van der Waals surface area contributed by atoms with Crippen molar-refractivity contribution in [2.24, 2.45) is 0 Å². The average Bonchev–Trinajstić information content (AvgIpc) is 2.95. The van der Waals surface area contributed by atoms with E-state index in [1.54, 1.807) is 19.1 Å². The maximum atomic E-state index is 13.1. The van der Waals surface area contributed by atoms with Crippen LogP contribution in [0.5, 0.6) is 5.75 Å². The Morgan fingerprint density at radius 2 is 1.41 bits per heavy atom. The Morgan fingerprint density at radius 3 is 2.02 bits per heavy atom. The van der Waals surface area contributed by atoms with Gasteiger partial charge in [-0.15, -0.1) is 0 Å². The van der Waals surface area contributed by atoms with Crippen LogP contribution >= 0.6 is 0 Å². The number of carbonyl (C=O) groups is 2. The van der Waals surface area contributed by atoms with Gasteiger partial charge in [-0.1, -0.05) is 17.7 Å². The lowest BCUT2D eigenvalue weighted by atomic mass is 10.0. The van der Waals surface area contributed by atoms with Crippen LogP contribution in [-0.2, 0) is 32.8 Å². The summed E-state index contributed by atoms with van der Waals surface area (Å²) in [5, 5.41) is 30.4. The van der Waals surface area contributed by atoms with Gasteiger partial charge in [-0.25, -0.2) is 18.1 Å². The van der Waals surface area contributed by atoms with Crippen LogP contribution in [0, 0.1) is 6.92 Å². The first kappa shape index (κ1) is 29.2. The van der Waals surface area contributed by atoms with Crippen molar-refractivity contribution in [1.82, 2.24) is 0 Å². The highest BCUT2D eigenvalue weighted by Gasteiger charge is 2.19. The van der Waals surface area contributed by atoms with Gasteiger partial charge >= 0.3 is 5.97 Å². The van der Waals surface area contributed by atoms with E-state index in [0.29, 0.717) is 28.1 Å². The van der Waals surface area contributed by atoms with Crippen molar-refractivity contribution in [3.8, 4) is 5.75 Å². The number of anilines is 2. The van der Waals surface area contributed by atoms with Crippen molar-refractivity contribution >= 4 is 33.1 Å². The first-order chi connectivity index (χ1) is 19.6.